The molecule has 2 aromatic carbocycles. The molecular weight excluding hydrogens is 340 g/mol. The molecule has 28 heavy (non-hydrogen) atoms. The molecule has 6 bridgehead atoms. The Morgan fingerprint density at radius 2 is 1.71 bits per heavy atom. The maximum atomic E-state index is 4.82. The number of fused-ring (bicyclic) bond motifs is 7. The summed E-state index contributed by atoms with van der Waals surface area (Å²) in [5.41, 5.74) is 14.6. The van der Waals surface area contributed by atoms with Gasteiger partial charge in [-0.1, -0.05) is 30.3 Å². The smallest absolute Gasteiger partial charge is 0.213 e. The van der Waals surface area contributed by atoms with E-state index in [1.165, 1.54) is 55.8 Å². The number of rotatable bonds is 0. The Morgan fingerprint density at radius 3 is 2.64 bits per heavy atom. The van der Waals surface area contributed by atoms with E-state index in [1.54, 1.807) is 0 Å². The highest BCUT2D eigenvalue weighted by molar-refractivity contribution is 5.88. The van der Waals surface area contributed by atoms with Crippen LogP contribution in [0.3, 0.4) is 0 Å². The van der Waals surface area contributed by atoms with Gasteiger partial charge in [-0.15, -0.1) is 0 Å². The Hall–Kier alpha value is -3.26. The molecule has 0 saturated carbocycles. The summed E-state index contributed by atoms with van der Waals surface area (Å²) < 4.78 is 2.26. The van der Waals surface area contributed by atoms with Crippen molar-refractivity contribution in [3.63, 3.8) is 0 Å². The van der Waals surface area contributed by atoms with Crippen LogP contribution in [0.5, 0.6) is 0 Å². The van der Waals surface area contributed by atoms with Gasteiger partial charge in [0.25, 0.3) is 0 Å². The maximum Gasteiger partial charge on any atom is 0.213 e. The highest BCUT2D eigenvalue weighted by atomic mass is 14.9. The molecule has 2 heteroatoms. The molecule has 134 valence electrons. The van der Waals surface area contributed by atoms with E-state index in [0.717, 1.165) is 18.5 Å². The van der Waals surface area contributed by atoms with Crippen molar-refractivity contribution in [1.29, 1.82) is 0 Å². The molecule has 2 aliphatic carbocycles. The van der Waals surface area contributed by atoms with Gasteiger partial charge in [0, 0.05) is 30.3 Å². The summed E-state index contributed by atoms with van der Waals surface area (Å²) >= 11 is 0. The minimum absolute atomic E-state index is 0.935. The average molecular weight is 361 g/mol. The first-order chi connectivity index (χ1) is 13.7. The van der Waals surface area contributed by atoms with E-state index in [4.69, 9.17) is 4.98 Å². The van der Waals surface area contributed by atoms with Crippen LogP contribution in [0.25, 0.3) is 33.6 Å². The van der Waals surface area contributed by atoms with E-state index in [0.29, 0.717) is 0 Å². The SMILES string of the molecule is Cc1ccc2c3c1-c1cc(cc[n+]1C)Cc1cccc(c1)-c1nccc-2c1C3. The fourth-order valence-corrected chi connectivity index (χ4v) is 4.94. The molecule has 2 aromatic heterocycles. The van der Waals surface area contributed by atoms with Gasteiger partial charge < -0.3 is 0 Å². The highest BCUT2D eigenvalue weighted by Crippen LogP contribution is 2.45. The molecule has 6 rings (SSSR count). The van der Waals surface area contributed by atoms with Gasteiger partial charge in [-0.05, 0) is 64.4 Å². The number of aryl methyl sites for hydroxylation is 2. The van der Waals surface area contributed by atoms with Gasteiger partial charge in [0.05, 0.1) is 11.3 Å². The van der Waals surface area contributed by atoms with E-state index in [1.807, 2.05) is 6.20 Å². The number of hydrogen-bond donors (Lipinski definition) is 0. The van der Waals surface area contributed by atoms with Gasteiger partial charge in [0.15, 0.2) is 6.20 Å². The Kier molecular flexibility index (Phi) is 3.16. The van der Waals surface area contributed by atoms with Crippen LogP contribution in [0, 0.1) is 6.92 Å². The van der Waals surface area contributed by atoms with Gasteiger partial charge in [-0.25, -0.2) is 4.57 Å². The van der Waals surface area contributed by atoms with Gasteiger partial charge in [-0.2, -0.15) is 0 Å². The van der Waals surface area contributed by atoms with Crippen LogP contribution >= 0.6 is 0 Å². The van der Waals surface area contributed by atoms with E-state index < -0.39 is 0 Å². The topological polar surface area (TPSA) is 16.8 Å². The molecule has 0 aliphatic heterocycles. The van der Waals surface area contributed by atoms with Crippen molar-refractivity contribution in [2.45, 2.75) is 19.8 Å². The van der Waals surface area contributed by atoms with Gasteiger partial charge >= 0.3 is 0 Å². The predicted molar refractivity (Wildman–Crippen MR) is 112 cm³/mol. The molecule has 2 nitrogen and oxygen atoms in total. The summed E-state index contributed by atoms with van der Waals surface area (Å²) in [5.74, 6) is 0. The fraction of sp³-hybridized carbons (Fsp3) is 0.154. The average Bonchev–Trinajstić information content (AvgIpc) is 3.08. The van der Waals surface area contributed by atoms with Gasteiger partial charge in [0.2, 0.25) is 5.69 Å². The standard InChI is InChI=1S/C26H21N2/c1-16-6-7-20-21-8-10-27-26-19-5-3-4-17(13-19)12-18-9-11-28(2)24(14-18)25(16)22(20)15-23(21)26/h3-11,13-14H,12,15H2,1-2H3/q+1. The molecule has 0 fully saturated rings. The second-order valence-electron chi connectivity index (χ2n) is 8.05. The molecule has 2 heterocycles. The molecule has 0 spiro atoms. The molecule has 0 saturated heterocycles. The van der Waals surface area contributed by atoms with Crippen molar-refractivity contribution in [1.82, 2.24) is 4.98 Å². The summed E-state index contributed by atoms with van der Waals surface area (Å²) in [7, 11) is 2.15. The van der Waals surface area contributed by atoms with Crippen LogP contribution in [0.2, 0.25) is 0 Å². The lowest BCUT2D eigenvalue weighted by Gasteiger charge is -2.13. The summed E-state index contributed by atoms with van der Waals surface area (Å²) in [6.45, 7) is 2.23. The first kappa shape index (κ1) is 15.8. The number of aromatic nitrogens is 2. The van der Waals surface area contributed by atoms with Crippen molar-refractivity contribution in [3.8, 4) is 33.6 Å². The van der Waals surface area contributed by atoms with Crippen LogP contribution in [-0.2, 0) is 19.9 Å². The zero-order valence-electron chi connectivity index (χ0n) is 16.2. The molecule has 0 unspecified atom stereocenters. The Labute approximate surface area is 165 Å². The minimum Gasteiger partial charge on any atom is -0.256 e. The number of hydrogen-bond acceptors (Lipinski definition) is 1. The number of benzene rings is 2. The monoisotopic (exact) mass is 361 g/mol. The van der Waals surface area contributed by atoms with Crippen LogP contribution in [0.4, 0.5) is 0 Å². The van der Waals surface area contributed by atoms with Crippen molar-refractivity contribution in [3.05, 3.63) is 94.8 Å². The van der Waals surface area contributed by atoms with Crippen LogP contribution in [-0.4, -0.2) is 4.98 Å². The highest BCUT2D eigenvalue weighted by Gasteiger charge is 2.29. The molecule has 4 aromatic rings. The molecule has 0 atom stereocenters. The summed E-state index contributed by atoms with van der Waals surface area (Å²) in [6, 6.07) is 20.3. The Morgan fingerprint density at radius 1 is 0.857 bits per heavy atom. The third-order valence-electron chi connectivity index (χ3n) is 6.30. The van der Waals surface area contributed by atoms with Crippen LogP contribution in [0.1, 0.15) is 27.8 Å². The van der Waals surface area contributed by atoms with Crippen molar-refractivity contribution in [2.24, 2.45) is 7.05 Å². The lowest BCUT2D eigenvalue weighted by atomic mass is 9.92. The van der Waals surface area contributed by atoms with Crippen LogP contribution in [0.15, 0.2) is 67.0 Å². The number of pyridine rings is 2. The summed E-state index contributed by atoms with van der Waals surface area (Å²) in [5, 5.41) is 0. The Balaban J connectivity index is 1.77. The van der Waals surface area contributed by atoms with Gasteiger partial charge in [-0.3, -0.25) is 4.98 Å². The molecular formula is C26H21N2+. The van der Waals surface area contributed by atoms with Gasteiger partial charge in [0.1, 0.15) is 7.05 Å². The molecule has 0 radical (unpaired) electrons. The third-order valence-corrected chi connectivity index (χ3v) is 6.30. The van der Waals surface area contributed by atoms with E-state index in [-0.39, 0.29) is 0 Å². The fourth-order valence-electron chi connectivity index (χ4n) is 4.94. The predicted octanol–water partition coefficient (Wildman–Crippen LogP) is 5.02. The summed E-state index contributed by atoms with van der Waals surface area (Å²) in [4.78, 5) is 4.82. The van der Waals surface area contributed by atoms with E-state index >= 15 is 0 Å². The molecule has 0 amide bonds. The first-order valence-electron chi connectivity index (χ1n) is 9.88. The maximum absolute atomic E-state index is 4.82. The van der Waals surface area contributed by atoms with Crippen LogP contribution < -0.4 is 4.57 Å². The van der Waals surface area contributed by atoms with E-state index in [2.05, 4.69) is 79.3 Å². The minimum atomic E-state index is 0.935. The zero-order valence-corrected chi connectivity index (χ0v) is 16.2. The normalized spacial score (nSPS) is 13.1. The molecule has 0 N–H and O–H groups in total. The van der Waals surface area contributed by atoms with Crippen molar-refractivity contribution < 1.29 is 4.57 Å². The zero-order chi connectivity index (χ0) is 18.8. The Bertz CT molecular complexity index is 1280. The lowest BCUT2D eigenvalue weighted by Crippen LogP contribution is -2.31. The third kappa shape index (κ3) is 2.15. The lowest BCUT2D eigenvalue weighted by molar-refractivity contribution is -0.660. The van der Waals surface area contributed by atoms with Crippen molar-refractivity contribution >= 4 is 0 Å². The second kappa shape index (κ2) is 5.62. The molecule has 2 aliphatic rings. The van der Waals surface area contributed by atoms with Crippen molar-refractivity contribution in [2.75, 3.05) is 0 Å². The summed E-state index contributed by atoms with van der Waals surface area (Å²) in [6.07, 6.45) is 6.05. The number of nitrogens with zero attached hydrogens (tertiary/aromatic N) is 2. The first-order valence-corrected chi connectivity index (χ1v) is 9.88. The largest absolute Gasteiger partial charge is 0.256 e. The quantitative estimate of drug-likeness (QED) is 0.347. The second-order valence-corrected chi connectivity index (χ2v) is 8.05. The van der Waals surface area contributed by atoms with E-state index in [9.17, 15) is 0 Å².